The molecule has 1 nitrogen and oxygen atoms in total. The van der Waals surface area contributed by atoms with Crippen molar-refractivity contribution in [2.75, 3.05) is 0 Å². The molecule has 0 bridgehead atoms. The Morgan fingerprint density at radius 3 is 2.58 bits per heavy atom. The molecule has 0 spiro atoms. The Bertz CT molecular complexity index is 289. The summed E-state index contributed by atoms with van der Waals surface area (Å²) < 4.78 is 0. The fraction of sp³-hybridized carbons (Fsp3) is 0.400. The molecule has 2 N–H and O–H groups in total. The van der Waals surface area contributed by atoms with Crippen LogP contribution in [-0.2, 0) is 12.8 Å². The molecule has 0 radical (unpaired) electrons. The predicted molar refractivity (Wildman–Crippen MR) is 51.6 cm³/mol. The van der Waals surface area contributed by atoms with E-state index in [0.717, 1.165) is 23.4 Å². The van der Waals surface area contributed by atoms with Crippen molar-refractivity contribution in [1.82, 2.24) is 0 Å². The van der Waals surface area contributed by atoms with E-state index in [4.69, 9.17) is 17.3 Å². The quantitative estimate of drug-likeness (QED) is 0.652. The first-order valence-corrected chi connectivity index (χ1v) is 4.58. The Balaban J connectivity index is 2.48. The fourth-order valence-corrected chi connectivity index (χ4v) is 1.99. The number of hydrogen-bond donors (Lipinski definition) is 1. The van der Waals surface area contributed by atoms with E-state index in [-0.39, 0.29) is 0 Å². The summed E-state index contributed by atoms with van der Waals surface area (Å²) >= 11 is 6.00. The molecule has 0 saturated carbocycles. The number of fused-ring (bicyclic) bond motifs is 1. The normalized spacial score (nSPS) is 21.1. The van der Waals surface area contributed by atoms with Crippen LogP contribution in [0.1, 0.15) is 16.7 Å². The first-order valence-electron chi connectivity index (χ1n) is 4.20. The molecule has 64 valence electrons. The van der Waals surface area contributed by atoms with Crippen LogP contribution in [0.2, 0.25) is 5.02 Å². The van der Waals surface area contributed by atoms with Crippen LogP contribution in [0.5, 0.6) is 0 Å². The van der Waals surface area contributed by atoms with Crippen LogP contribution < -0.4 is 5.73 Å². The molecule has 0 aromatic heterocycles. The molecule has 1 aliphatic carbocycles. The average molecular weight is 182 g/mol. The van der Waals surface area contributed by atoms with E-state index in [1.54, 1.807) is 0 Å². The SMILES string of the molecule is Cc1cc2c(cc1Cl)CC(N)C2. The van der Waals surface area contributed by atoms with Crippen molar-refractivity contribution in [3.05, 3.63) is 33.8 Å². The third-order valence-corrected chi connectivity index (χ3v) is 2.85. The van der Waals surface area contributed by atoms with E-state index in [1.165, 1.54) is 11.1 Å². The maximum Gasteiger partial charge on any atom is 0.0438 e. The standard InChI is InChI=1S/C10H12ClN/c1-6-2-7-3-9(12)4-8(7)5-10(6)11/h2,5,9H,3-4,12H2,1H3. The van der Waals surface area contributed by atoms with Crippen molar-refractivity contribution >= 4 is 11.6 Å². The summed E-state index contributed by atoms with van der Waals surface area (Å²) in [6.07, 6.45) is 1.99. The monoisotopic (exact) mass is 181 g/mol. The van der Waals surface area contributed by atoms with Gasteiger partial charge >= 0.3 is 0 Å². The van der Waals surface area contributed by atoms with Gasteiger partial charge in [0.05, 0.1) is 0 Å². The molecule has 12 heavy (non-hydrogen) atoms. The summed E-state index contributed by atoms with van der Waals surface area (Å²) in [5.74, 6) is 0. The van der Waals surface area contributed by atoms with Gasteiger partial charge in [0.25, 0.3) is 0 Å². The average Bonchev–Trinajstić information content (AvgIpc) is 2.30. The van der Waals surface area contributed by atoms with Crippen LogP contribution in [0.4, 0.5) is 0 Å². The van der Waals surface area contributed by atoms with E-state index in [0.29, 0.717) is 6.04 Å². The third-order valence-electron chi connectivity index (χ3n) is 2.45. The smallest absolute Gasteiger partial charge is 0.0438 e. The van der Waals surface area contributed by atoms with Gasteiger partial charge in [-0.2, -0.15) is 0 Å². The van der Waals surface area contributed by atoms with Gasteiger partial charge in [-0.15, -0.1) is 0 Å². The van der Waals surface area contributed by atoms with Crippen molar-refractivity contribution in [2.45, 2.75) is 25.8 Å². The Morgan fingerprint density at radius 1 is 1.33 bits per heavy atom. The molecule has 0 heterocycles. The summed E-state index contributed by atoms with van der Waals surface area (Å²) in [4.78, 5) is 0. The lowest BCUT2D eigenvalue weighted by molar-refractivity contribution is 0.721. The van der Waals surface area contributed by atoms with Gasteiger partial charge in [0.1, 0.15) is 0 Å². The predicted octanol–water partition coefficient (Wildman–Crippen LogP) is 2.07. The number of halogens is 1. The van der Waals surface area contributed by atoms with Crippen molar-refractivity contribution in [1.29, 1.82) is 0 Å². The molecule has 0 saturated heterocycles. The Kier molecular flexibility index (Phi) is 1.85. The zero-order valence-corrected chi connectivity index (χ0v) is 7.86. The van der Waals surface area contributed by atoms with Gasteiger partial charge in [0.15, 0.2) is 0 Å². The van der Waals surface area contributed by atoms with E-state index in [9.17, 15) is 0 Å². The van der Waals surface area contributed by atoms with Crippen molar-refractivity contribution < 1.29 is 0 Å². The van der Waals surface area contributed by atoms with Crippen molar-refractivity contribution in [2.24, 2.45) is 5.73 Å². The molecule has 0 fully saturated rings. The Labute approximate surface area is 77.5 Å². The minimum Gasteiger partial charge on any atom is -0.327 e. The Morgan fingerprint density at radius 2 is 1.92 bits per heavy atom. The second-order valence-corrected chi connectivity index (χ2v) is 3.95. The molecule has 1 unspecified atom stereocenters. The van der Waals surface area contributed by atoms with Gasteiger partial charge < -0.3 is 5.73 Å². The van der Waals surface area contributed by atoms with Gasteiger partial charge in [0.2, 0.25) is 0 Å². The molecule has 0 amide bonds. The minimum atomic E-state index is 0.304. The van der Waals surface area contributed by atoms with Crippen LogP contribution in [-0.4, -0.2) is 6.04 Å². The molecule has 1 aromatic rings. The van der Waals surface area contributed by atoms with Gasteiger partial charge in [0, 0.05) is 11.1 Å². The van der Waals surface area contributed by atoms with Crippen LogP contribution in [0.25, 0.3) is 0 Å². The van der Waals surface area contributed by atoms with Gasteiger partial charge in [-0.05, 0) is 42.5 Å². The molecule has 1 aromatic carbocycles. The molecule has 2 heteroatoms. The first-order chi connectivity index (χ1) is 5.66. The zero-order chi connectivity index (χ0) is 8.72. The molecule has 1 atom stereocenters. The van der Waals surface area contributed by atoms with Crippen LogP contribution in [0, 0.1) is 6.92 Å². The van der Waals surface area contributed by atoms with Gasteiger partial charge in [-0.25, -0.2) is 0 Å². The molecular formula is C10H12ClN. The highest BCUT2D eigenvalue weighted by Gasteiger charge is 2.18. The highest BCUT2D eigenvalue weighted by molar-refractivity contribution is 6.31. The zero-order valence-electron chi connectivity index (χ0n) is 7.10. The van der Waals surface area contributed by atoms with Crippen LogP contribution in [0.15, 0.2) is 12.1 Å². The lowest BCUT2D eigenvalue weighted by Gasteiger charge is -2.02. The first kappa shape index (κ1) is 8.09. The minimum absolute atomic E-state index is 0.304. The van der Waals surface area contributed by atoms with Gasteiger partial charge in [-0.1, -0.05) is 17.7 Å². The van der Waals surface area contributed by atoms with Gasteiger partial charge in [-0.3, -0.25) is 0 Å². The fourth-order valence-electron chi connectivity index (χ4n) is 1.80. The van der Waals surface area contributed by atoms with Crippen LogP contribution in [0.3, 0.4) is 0 Å². The number of nitrogens with two attached hydrogens (primary N) is 1. The molecule has 2 rings (SSSR count). The number of hydrogen-bond acceptors (Lipinski definition) is 1. The lowest BCUT2D eigenvalue weighted by Crippen LogP contribution is -2.18. The number of benzene rings is 1. The summed E-state index contributed by atoms with van der Waals surface area (Å²) in [5.41, 5.74) is 9.71. The summed E-state index contributed by atoms with van der Waals surface area (Å²) in [5, 5.41) is 0.864. The molecular weight excluding hydrogens is 170 g/mol. The largest absolute Gasteiger partial charge is 0.327 e. The second-order valence-electron chi connectivity index (χ2n) is 3.54. The highest BCUT2D eigenvalue weighted by Crippen LogP contribution is 2.27. The third kappa shape index (κ3) is 1.23. The molecule has 1 aliphatic rings. The van der Waals surface area contributed by atoms with Crippen LogP contribution >= 0.6 is 11.6 Å². The summed E-state index contributed by atoms with van der Waals surface area (Å²) in [7, 11) is 0. The number of aryl methyl sites for hydroxylation is 1. The second kappa shape index (κ2) is 2.75. The highest BCUT2D eigenvalue weighted by atomic mass is 35.5. The van der Waals surface area contributed by atoms with E-state index in [1.807, 2.05) is 6.92 Å². The topological polar surface area (TPSA) is 26.0 Å². The van der Waals surface area contributed by atoms with Crippen molar-refractivity contribution in [3.63, 3.8) is 0 Å². The van der Waals surface area contributed by atoms with E-state index < -0.39 is 0 Å². The van der Waals surface area contributed by atoms with E-state index in [2.05, 4.69) is 12.1 Å². The maximum absolute atomic E-state index is 6.00. The summed E-state index contributed by atoms with van der Waals surface area (Å²) in [6.45, 7) is 2.03. The van der Waals surface area contributed by atoms with Crippen molar-refractivity contribution in [3.8, 4) is 0 Å². The lowest BCUT2D eigenvalue weighted by atomic mass is 10.1. The molecule has 0 aliphatic heterocycles. The summed E-state index contributed by atoms with van der Waals surface area (Å²) in [6, 6.07) is 4.52. The Hall–Kier alpha value is -0.530. The van der Waals surface area contributed by atoms with E-state index >= 15 is 0 Å². The number of rotatable bonds is 0. The maximum atomic E-state index is 6.00.